The van der Waals surface area contributed by atoms with E-state index in [1.165, 1.54) is 16.4 Å². The molecule has 2 heterocycles. The number of carbonyl (C=O) groups excluding carboxylic acids is 1. The highest BCUT2D eigenvalue weighted by atomic mass is 35.5. The van der Waals surface area contributed by atoms with E-state index < -0.39 is 11.6 Å². The number of benzene rings is 2. The van der Waals surface area contributed by atoms with Crippen molar-refractivity contribution in [2.24, 2.45) is 0 Å². The fourth-order valence-electron chi connectivity index (χ4n) is 3.43. The summed E-state index contributed by atoms with van der Waals surface area (Å²) >= 11 is 12.2. The molecule has 1 fully saturated rings. The van der Waals surface area contributed by atoms with Gasteiger partial charge in [0.05, 0.1) is 17.6 Å². The monoisotopic (exact) mass is 442 g/mol. The van der Waals surface area contributed by atoms with Crippen molar-refractivity contribution in [3.8, 4) is 5.69 Å². The Morgan fingerprint density at radius 3 is 2.47 bits per heavy atom. The number of aromatic nitrogens is 2. The Balaban J connectivity index is 1.48. The van der Waals surface area contributed by atoms with Crippen molar-refractivity contribution in [1.82, 2.24) is 14.7 Å². The van der Waals surface area contributed by atoms with Gasteiger partial charge < -0.3 is 10.2 Å². The minimum absolute atomic E-state index is 0.00951. The Kier molecular flexibility index (Phi) is 5.79. The number of rotatable bonds is 5. The van der Waals surface area contributed by atoms with E-state index in [2.05, 4.69) is 10.4 Å². The molecule has 30 heavy (non-hydrogen) atoms. The molecule has 0 aliphatic carbocycles. The molecular formula is C22H20Cl2N4O2. The van der Waals surface area contributed by atoms with E-state index in [9.17, 15) is 9.59 Å². The first-order valence-corrected chi connectivity index (χ1v) is 10.3. The van der Waals surface area contributed by atoms with Gasteiger partial charge in [0.2, 0.25) is 5.91 Å². The third kappa shape index (κ3) is 4.20. The number of nitrogens with zero attached hydrogens (tertiary/aromatic N) is 3. The summed E-state index contributed by atoms with van der Waals surface area (Å²) in [5, 5.41) is 7.83. The van der Waals surface area contributed by atoms with Gasteiger partial charge in [0.1, 0.15) is 11.1 Å². The fourth-order valence-corrected chi connectivity index (χ4v) is 3.74. The maximum absolute atomic E-state index is 12.8. The molecule has 0 radical (unpaired) electrons. The summed E-state index contributed by atoms with van der Waals surface area (Å²) in [7, 11) is 0. The van der Waals surface area contributed by atoms with Gasteiger partial charge in [0.25, 0.3) is 5.56 Å². The lowest BCUT2D eigenvalue weighted by molar-refractivity contribution is -0.128. The molecular weight excluding hydrogens is 423 g/mol. The third-order valence-electron chi connectivity index (χ3n) is 5.11. The first-order valence-electron chi connectivity index (χ1n) is 9.57. The van der Waals surface area contributed by atoms with Crippen LogP contribution in [0.5, 0.6) is 0 Å². The van der Waals surface area contributed by atoms with Gasteiger partial charge in [-0.25, -0.2) is 0 Å². The summed E-state index contributed by atoms with van der Waals surface area (Å²) in [5.74, 6) is -0.0199. The Labute approximate surface area is 184 Å². The molecule has 1 aliphatic rings. The largest absolute Gasteiger partial charge is 0.371 e. The first-order chi connectivity index (χ1) is 14.4. The maximum atomic E-state index is 12.8. The molecule has 0 spiro atoms. The summed E-state index contributed by atoms with van der Waals surface area (Å²) in [6.45, 7) is 3.22. The van der Waals surface area contributed by atoms with Crippen LogP contribution in [0.25, 0.3) is 5.69 Å². The van der Waals surface area contributed by atoms with Gasteiger partial charge >= 0.3 is 0 Å². The van der Waals surface area contributed by atoms with Crippen LogP contribution in [0.15, 0.2) is 59.5 Å². The molecule has 1 unspecified atom stereocenters. The number of hydrogen-bond donors (Lipinski definition) is 1. The Morgan fingerprint density at radius 1 is 1.07 bits per heavy atom. The van der Waals surface area contributed by atoms with Crippen LogP contribution in [-0.2, 0) is 11.3 Å². The van der Waals surface area contributed by atoms with Crippen LogP contribution in [0, 0.1) is 6.92 Å². The van der Waals surface area contributed by atoms with Crippen LogP contribution < -0.4 is 10.9 Å². The van der Waals surface area contributed by atoms with E-state index in [1.807, 2.05) is 31.2 Å². The van der Waals surface area contributed by atoms with Gasteiger partial charge in [-0.2, -0.15) is 9.78 Å². The lowest BCUT2D eigenvalue weighted by Crippen LogP contribution is -2.34. The van der Waals surface area contributed by atoms with Gasteiger partial charge in [0, 0.05) is 18.1 Å². The number of hydrogen-bond acceptors (Lipinski definition) is 4. The number of carbonyl (C=O) groups is 1. The highest BCUT2D eigenvalue weighted by Crippen LogP contribution is 2.23. The van der Waals surface area contributed by atoms with Crippen molar-refractivity contribution in [2.75, 3.05) is 11.9 Å². The van der Waals surface area contributed by atoms with E-state index >= 15 is 0 Å². The average molecular weight is 443 g/mol. The number of amides is 1. The Bertz CT molecular complexity index is 1130. The van der Waals surface area contributed by atoms with E-state index in [0.717, 1.165) is 5.56 Å². The highest BCUT2D eigenvalue weighted by molar-refractivity contribution is 6.33. The molecule has 1 amide bonds. The van der Waals surface area contributed by atoms with Crippen molar-refractivity contribution in [1.29, 1.82) is 0 Å². The maximum Gasteiger partial charge on any atom is 0.292 e. The average Bonchev–Trinajstić information content (AvgIpc) is 3.08. The lowest BCUT2D eigenvalue weighted by atomic mass is 10.1. The molecule has 154 valence electrons. The van der Waals surface area contributed by atoms with Gasteiger partial charge in [-0.05, 0) is 43.2 Å². The lowest BCUT2D eigenvalue weighted by Gasteiger charge is -2.18. The van der Waals surface area contributed by atoms with Gasteiger partial charge in [-0.3, -0.25) is 9.59 Å². The minimum Gasteiger partial charge on any atom is -0.371 e. The Hall–Kier alpha value is -2.83. The first kappa shape index (κ1) is 20.4. The predicted molar refractivity (Wildman–Crippen MR) is 118 cm³/mol. The van der Waals surface area contributed by atoms with Crippen molar-refractivity contribution in [3.05, 3.63) is 86.3 Å². The van der Waals surface area contributed by atoms with Crippen molar-refractivity contribution in [2.45, 2.75) is 25.9 Å². The highest BCUT2D eigenvalue weighted by Gasteiger charge is 2.32. The van der Waals surface area contributed by atoms with Gasteiger partial charge in [0.15, 0.2) is 0 Å². The normalized spacial score (nSPS) is 16.2. The number of nitrogens with one attached hydrogen (secondary N) is 1. The summed E-state index contributed by atoms with van der Waals surface area (Å²) in [6.07, 6.45) is 2.09. The smallest absolute Gasteiger partial charge is 0.292 e. The van der Waals surface area contributed by atoms with Crippen LogP contribution in [-0.4, -0.2) is 33.2 Å². The zero-order valence-corrected chi connectivity index (χ0v) is 17.8. The second kappa shape index (κ2) is 8.50. The molecule has 6 nitrogen and oxygen atoms in total. The summed E-state index contributed by atoms with van der Waals surface area (Å²) in [4.78, 5) is 27.3. The van der Waals surface area contributed by atoms with E-state index in [0.29, 0.717) is 35.9 Å². The van der Waals surface area contributed by atoms with Crippen LogP contribution in [0.2, 0.25) is 10.0 Å². The molecule has 1 saturated heterocycles. The number of anilines is 1. The number of aryl methyl sites for hydroxylation is 1. The number of likely N-dealkylation sites (tertiary alicyclic amines) is 1. The second-order valence-electron chi connectivity index (χ2n) is 7.30. The van der Waals surface area contributed by atoms with Crippen molar-refractivity contribution >= 4 is 34.8 Å². The van der Waals surface area contributed by atoms with Crippen molar-refractivity contribution < 1.29 is 4.79 Å². The standard InChI is InChI=1S/C22H20Cl2N4O2/c1-14-2-4-15(5-3-14)13-27-11-10-18(21(27)29)26-19-12-25-28(22(30)20(19)24)17-8-6-16(23)7-9-17/h2-9,12,18,26H,10-11,13H2,1H3. The van der Waals surface area contributed by atoms with E-state index in [1.54, 1.807) is 29.2 Å². The second-order valence-corrected chi connectivity index (χ2v) is 8.11. The van der Waals surface area contributed by atoms with Crippen LogP contribution >= 0.6 is 23.2 Å². The molecule has 1 aromatic heterocycles. The van der Waals surface area contributed by atoms with Crippen LogP contribution in [0.3, 0.4) is 0 Å². The summed E-state index contributed by atoms with van der Waals surface area (Å²) in [6, 6.07) is 14.4. The van der Waals surface area contributed by atoms with Crippen LogP contribution in [0.1, 0.15) is 17.5 Å². The molecule has 1 aliphatic heterocycles. The Morgan fingerprint density at radius 2 is 1.77 bits per heavy atom. The fraction of sp³-hybridized carbons (Fsp3) is 0.227. The van der Waals surface area contributed by atoms with Gasteiger partial charge in [-0.15, -0.1) is 0 Å². The van der Waals surface area contributed by atoms with Crippen molar-refractivity contribution in [3.63, 3.8) is 0 Å². The zero-order valence-electron chi connectivity index (χ0n) is 16.3. The zero-order chi connectivity index (χ0) is 21.3. The number of halogens is 2. The SMILES string of the molecule is Cc1ccc(CN2CCC(Nc3cnn(-c4ccc(Cl)cc4)c(=O)c3Cl)C2=O)cc1. The third-order valence-corrected chi connectivity index (χ3v) is 5.73. The molecule has 1 atom stereocenters. The minimum atomic E-state index is -0.467. The van der Waals surface area contributed by atoms with Crippen LogP contribution in [0.4, 0.5) is 5.69 Å². The molecule has 2 aromatic carbocycles. The summed E-state index contributed by atoms with van der Waals surface area (Å²) in [5.41, 5.74) is 2.70. The molecule has 3 aromatic rings. The summed E-state index contributed by atoms with van der Waals surface area (Å²) < 4.78 is 1.20. The molecule has 0 saturated carbocycles. The predicted octanol–water partition coefficient (Wildman–Crippen LogP) is 4.06. The molecule has 1 N–H and O–H groups in total. The molecule has 0 bridgehead atoms. The van der Waals surface area contributed by atoms with E-state index in [4.69, 9.17) is 23.2 Å². The quantitative estimate of drug-likeness (QED) is 0.646. The van der Waals surface area contributed by atoms with E-state index in [-0.39, 0.29) is 10.9 Å². The molecule has 4 rings (SSSR count). The molecule has 8 heteroatoms. The van der Waals surface area contributed by atoms with Gasteiger partial charge in [-0.1, -0.05) is 53.0 Å². The topological polar surface area (TPSA) is 67.2 Å².